The fourth-order valence-electron chi connectivity index (χ4n) is 3.07. The summed E-state index contributed by atoms with van der Waals surface area (Å²) in [6.45, 7) is 3.94. The summed E-state index contributed by atoms with van der Waals surface area (Å²) in [5.74, 6) is 2.27. The largest absolute Gasteiger partial charge is 0.440 e. The third-order valence-corrected chi connectivity index (χ3v) is 4.61. The molecule has 2 heterocycles. The molecular weight excluding hydrogens is 264 g/mol. The lowest BCUT2D eigenvalue weighted by molar-refractivity contribution is -0.121. The summed E-state index contributed by atoms with van der Waals surface area (Å²) in [6, 6.07) is 6.08. The maximum atomic E-state index is 12.3. The molecule has 4 heteroatoms. The molecule has 1 aromatic heterocycles. The zero-order chi connectivity index (χ0) is 14.8. The summed E-state index contributed by atoms with van der Waals surface area (Å²) in [5.41, 5.74) is 2.56. The standard InChI is InChI=1S/C17H18N2O2/c1-17(2)12-7-6-11(8-13(12)19(3)16(17)20)14-9-18-15(21-14)10-4-5-10/h6-10H,4-5H2,1-3H3. The topological polar surface area (TPSA) is 46.3 Å². The van der Waals surface area contributed by atoms with Gasteiger partial charge in [0.2, 0.25) is 5.91 Å². The van der Waals surface area contributed by atoms with Crippen LogP contribution >= 0.6 is 0 Å². The second kappa shape index (κ2) is 3.97. The third kappa shape index (κ3) is 1.75. The molecule has 2 aliphatic rings. The van der Waals surface area contributed by atoms with Crippen molar-refractivity contribution < 1.29 is 9.21 Å². The Hall–Kier alpha value is -2.10. The van der Waals surface area contributed by atoms with Gasteiger partial charge in [0.1, 0.15) is 0 Å². The number of amides is 1. The van der Waals surface area contributed by atoms with Crippen LogP contribution in [0.3, 0.4) is 0 Å². The predicted molar refractivity (Wildman–Crippen MR) is 80.4 cm³/mol. The zero-order valence-corrected chi connectivity index (χ0v) is 12.5. The summed E-state index contributed by atoms with van der Waals surface area (Å²) < 4.78 is 5.85. The lowest BCUT2D eigenvalue weighted by Gasteiger charge is -2.16. The Morgan fingerprint density at radius 2 is 2.10 bits per heavy atom. The van der Waals surface area contributed by atoms with Crippen LogP contribution in [0.15, 0.2) is 28.8 Å². The lowest BCUT2D eigenvalue weighted by atomic mass is 9.86. The number of fused-ring (bicyclic) bond motifs is 1. The number of nitrogens with zero attached hydrogens (tertiary/aromatic N) is 2. The number of hydrogen-bond acceptors (Lipinski definition) is 3. The van der Waals surface area contributed by atoms with E-state index in [1.165, 1.54) is 12.8 Å². The number of hydrogen-bond donors (Lipinski definition) is 0. The first kappa shape index (κ1) is 12.6. The molecule has 1 saturated carbocycles. The molecule has 1 aliphatic carbocycles. The number of carbonyl (C=O) groups is 1. The van der Waals surface area contributed by atoms with Crippen molar-refractivity contribution in [1.82, 2.24) is 4.98 Å². The Bertz CT molecular complexity index is 741. The molecule has 0 radical (unpaired) electrons. The van der Waals surface area contributed by atoms with E-state index in [-0.39, 0.29) is 5.91 Å². The van der Waals surface area contributed by atoms with Gasteiger partial charge in [0, 0.05) is 24.2 Å². The van der Waals surface area contributed by atoms with E-state index in [1.54, 1.807) is 11.1 Å². The average Bonchev–Trinajstić information content (AvgIpc) is 3.18. The van der Waals surface area contributed by atoms with Crippen molar-refractivity contribution in [3.05, 3.63) is 35.9 Å². The normalized spacial score (nSPS) is 20.0. The number of likely N-dealkylation sites (N-methyl/N-ethyl adjacent to an activating group) is 1. The molecule has 1 amide bonds. The number of carbonyl (C=O) groups excluding carboxylic acids is 1. The van der Waals surface area contributed by atoms with Crippen LogP contribution < -0.4 is 4.90 Å². The molecule has 21 heavy (non-hydrogen) atoms. The molecule has 1 aliphatic heterocycles. The maximum absolute atomic E-state index is 12.3. The Balaban J connectivity index is 1.77. The van der Waals surface area contributed by atoms with Crippen LogP contribution in [0.4, 0.5) is 5.69 Å². The Morgan fingerprint density at radius 3 is 2.81 bits per heavy atom. The molecule has 1 aromatic carbocycles. The van der Waals surface area contributed by atoms with Gasteiger partial charge in [-0.2, -0.15) is 0 Å². The van der Waals surface area contributed by atoms with Crippen molar-refractivity contribution in [1.29, 1.82) is 0 Å². The number of oxazole rings is 1. The molecule has 4 nitrogen and oxygen atoms in total. The molecule has 0 N–H and O–H groups in total. The minimum absolute atomic E-state index is 0.130. The van der Waals surface area contributed by atoms with Crippen molar-refractivity contribution >= 4 is 11.6 Å². The van der Waals surface area contributed by atoms with Crippen LogP contribution in [-0.4, -0.2) is 17.9 Å². The van der Waals surface area contributed by atoms with Crippen molar-refractivity contribution in [2.24, 2.45) is 0 Å². The van der Waals surface area contributed by atoms with Gasteiger partial charge in [0.25, 0.3) is 0 Å². The Labute approximate surface area is 123 Å². The van der Waals surface area contributed by atoms with E-state index in [2.05, 4.69) is 4.98 Å². The highest BCUT2D eigenvalue weighted by atomic mass is 16.4. The molecule has 4 rings (SSSR count). The quantitative estimate of drug-likeness (QED) is 0.847. The zero-order valence-electron chi connectivity index (χ0n) is 12.5. The summed E-state index contributed by atoms with van der Waals surface area (Å²) in [4.78, 5) is 18.4. The first-order chi connectivity index (χ1) is 9.98. The van der Waals surface area contributed by atoms with Crippen LogP contribution in [0.1, 0.15) is 44.1 Å². The Kier molecular flexibility index (Phi) is 2.39. The maximum Gasteiger partial charge on any atom is 0.236 e. The number of benzene rings is 1. The first-order valence-corrected chi connectivity index (χ1v) is 7.37. The van der Waals surface area contributed by atoms with E-state index in [0.717, 1.165) is 28.5 Å². The summed E-state index contributed by atoms with van der Waals surface area (Å²) in [5, 5.41) is 0. The van der Waals surface area contributed by atoms with Gasteiger partial charge in [0.15, 0.2) is 11.7 Å². The summed E-state index contributed by atoms with van der Waals surface area (Å²) in [7, 11) is 1.83. The number of anilines is 1. The van der Waals surface area contributed by atoms with E-state index >= 15 is 0 Å². The minimum atomic E-state index is -0.455. The van der Waals surface area contributed by atoms with E-state index in [1.807, 2.05) is 39.1 Å². The average molecular weight is 282 g/mol. The van der Waals surface area contributed by atoms with Gasteiger partial charge >= 0.3 is 0 Å². The monoisotopic (exact) mass is 282 g/mol. The fraction of sp³-hybridized carbons (Fsp3) is 0.412. The second-order valence-electron chi connectivity index (χ2n) is 6.56. The van der Waals surface area contributed by atoms with Crippen LogP contribution in [0.25, 0.3) is 11.3 Å². The molecule has 0 atom stereocenters. The summed E-state index contributed by atoms with van der Waals surface area (Å²) in [6.07, 6.45) is 4.14. The highest BCUT2D eigenvalue weighted by molar-refractivity contribution is 6.07. The van der Waals surface area contributed by atoms with Crippen LogP contribution in [-0.2, 0) is 10.2 Å². The van der Waals surface area contributed by atoms with Gasteiger partial charge in [-0.15, -0.1) is 0 Å². The SMILES string of the molecule is CN1C(=O)C(C)(C)c2ccc(-c3cnc(C4CC4)o3)cc21. The molecule has 0 spiro atoms. The number of rotatable bonds is 2. The van der Waals surface area contributed by atoms with E-state index in [9.17, 15) is 4.79 Å². The number of aromatic nitrogens is 1. The molecule has 0 unspecified atom stereocenters. The van der Waals surface area contributed by atoms with Crippen molar-refractivity contribution in [2.45, 2.75) is 38.0 Å². The van der Waals surface area contributed by atoms with Crippen LogP contribution in [0.2, 0.25) is 0 Å². The van der Waals surface area contributed by atoms with E-state index in [4.69, 9.17) is 4.42 Å². The molecule has 108 valence electrons. The predicted octanol–water partition coefficient (Wildman–Crippen LogP) is 3.47. The van der Waals surface area contributed by atoms with Crippen LogP contribution in [0, 0.1) is 0 Å². The van der Waals surface area contributed by atoms with Crippen LogP contribution in [0.5, 0.6) is 0 Å². The molecule has 0 bridgehead atoms. The molecule has 2 aromatic rings. The van der Waals surface area contributed by atoms with E-state index in [0.29, 0.717) is 5.92 Å². The van der Waals surface area contributed by atoms with Crippen molar-refractivity contribution in [2.75, 3.05) is 11.9 Å². The highest BCUT2D eigenvalue weighted by Crippen LogP contribution is 2.44. The molecule has 1 fully saturated rings. The highest BCUT2D eigenvalue weighted by Gasteiger charge is 2.42. The summed E-state index contributed by atoms with van der Waals surface area (Å²) >= 11 is 0. The van der Waals surface area contributed by atoms with Gasteiger partial charge in [0.05, 0.1) is 11.6 Å². The minimum Gasteiger partial charge on any atom is -0.440 e. The smallest absolute Gasteiger partial charge is 0.236 e. The molecule has 0 saturated heterocycles. The van der Waals surface area contributed by atoms with Gasteiger partial charge < -0.3 is 9.32 Å². The first-order valence-electron chi connectivity index (χ1n) is 7.37. The van der Waals surface area contributed by atoms with Gasteiger partial charge in [-0.05, 0) is 38.3 Å². The Morgan fingerprint density at radius 1 is 1.33 bits per heavy atom. The fourth-order valence-corrected chi connectivity index (χ4v) is 3.07. The van der Waals surface area contributed by atoms with Crippen molar-refractivity contribution in [3.63, 3.8) is 0 Å². The van der Waals surface area contributed by atoms with Gasteiger partial charge in [-0.1, -0.05) is 12.1 Å². The van der Waals surface area contributed by atoms with Gasteiger partial charge in [-0.25, -0.2) is 4.98 Å². The van der Waals surface area contributed by atoms with Crippen molar-refractivity contribution in [3.8, 4) is 11.3 Å². The van der Waals surface area contributed by atoms with E-state index < -0.39 is 5.41 Å². The van der Waals surface area contributed by atoms with Gasteiger partial charge in [-0.3, -0.25) is 4.79 Å². The lowest BCUT2D eigenvalue weighted by Crippen LogP contribution is -2.33. The molecular formula is C17H18N2O2. The third-order valence-electron chi connectivity index (χ3n) is 4.61. The second-order valence-corrected chi connectivity index (χ2v) is 6.56.